The van der Waals surface area contributed by atoms with Crippen LogP contribution in [-0.4, -0.2) is 48.3 Å². The number of halogens is 3. The van der Waals surface area contributed by atoms with E-state index in [0.29, 0.717) is 17.7 Å². The Morgan fingerprint density at radius 3 is 2.43 bits per heavy atom. The number of likely N-dealkylation sites (tertiary alicyclic amines) is 1. The van der Waals surface area contributed by atoms with E-state index in [1.54, 1.807) is 35.0 Å². The Morgan fingerprint density at radius 1 is 1.10 bits per heavy atom. The average molecular weight is 418 g/mol. The molecule has 0 spiro atoms. The summed E-state index contributed by atoms with van der Waals surface area (Å²) in [4.78, 5) is 29.2. The van der Waals surface area contributed by atoms with Crippen LogP contribution >= 0.6 is 0 Å². The van der Waals surface area contributed by atoms with Gasteiger partial charge < -0.3 is 9.80 Å². The minimum Gasteiger partial charge on any atom is -0.346 e. The predicted octanol–water partition coefficient (Wildman–Crippen LogP) is 4.35. The third-order valence-electron chi connectivity index (χ3n) is 5.79. The zero-order valence-electron chi connectivity index (χ0n) is 17.2. The minimum atomic E-state index is -4.47. The molecule has 0 bridgehead atoms. The molecule has 0 N–H and O–H groups in total. The number of amides is 2. The SMILES string of the molecule is CCN(C)C(=O)C1CN(C(=O)c2ccccc2C)CC1c1cccc(C(F)(F)F)c1. The van der Waals surface area contributed by atoms with Gasteiger partial charge in [0.05, 0.1) is 11.5 Å². The number of benzene rings is 2. The standard InChI is InChI=1S/C23H25F3N2O2/c1-4-27(3)21(29)20-14-28(22(30)18-11-6-5-8-15(18)2)13-19(20)16-9-7-10-17(12-16)23(24,25)26/h5-12,19-20H,4,13-14H2,1-3H3. The summed E-state index contributed by atoms with van der Waals surface area (Å²) in [5, 5.41) is 0. The van der Waals surface area contributed by atoms with Crippen LogP contribution in [0, 0.1) is 12.8 Å². The van der Waals surface area contributed by atoms with Crippen molar-refractivity contribution in [3.05, 3.63) is 70.8 Å². The highest BCUT2D eigenvalue weighted by Crippen LogP contribution is 2.37. The van der Waals surface area contributed by atoms with E-state index in [4.69, 9.17) is 0 Å². The molecule has 0 radical (unpaired) electrons. The second-order valence-corrected chi connectivity index (χ2v) is 7.71. The van der Waals surface area contributed by atoms with E-state index in [1.807, 2.05) is 26.0 Å². The van der Waals surface area contributed by atoms with Gasteiger partial charge in [0.15, 0.2) is 0 Å². The van der Waals surface area contributed by atoms with Gasteiger partial charge in [-0.05, 0) is 37.1 Å². The molecule has 0 aromatic heterocycles. The lowest BCUT2D eigenvalue weighted by atomic mass is 9.87. The van der Waals surface area contributed by atoms with Crippen molar-refractivity contribution in [2.75, 3.05) is 26.7 Å². The van der Waals surface area contributed by atoms with Crippen LogP contribution in [-0.2, 0) is 11.0 Å². The third kappa shape index (κ3) is 4.35. The Morgan fingerprint density at radius 2 is 1.80 bits per heavy atom. The Kier molecular flexibility index (Phi) is 6.19. The summed E-state index contributed by atoms with van der Waals surface area (Å²) in [6.07, 6.45) is -4.47. The van der Waals surface area contributed by atoms with Gasteiger partial charge in [-0.3, -0.25) is 9.59 Å². The van der Waals surface area contributed by atoms with Crippen LogP contribution in [0.4, 0.5) is 13.2 Å². The molecule has 160 valence electrons. The van der Waals surface area contributed by atoms with Gasteiger partial charge in [0.2, 0.25) is 5.91 Å². The largest absolute Gasteiger partial charge is 0.416 e. The van der Waals surface area contributed by atoms with Crippen molar-refractivity contribution in [2.24, 2.45) is 5.92 Å². The van der Waals surface area contributed by atoms with Gasteiger partial charge in [-0.25, -0.2) is 0 Å². The second kappa shape index (κ2) is 8.50. The smallest absolute Gasteiger partial charge is 0.346 e. The molecular formula is C23H25F3N2O2. The number of carbonyl (C=O) groups is 2. The number of carbonyl (C=O) groups excluding carboxylic acids is 2. The third-order valence-corrected chi connectivity index (χ3v) is 5.79. The summed E-state index contributed by atoms with van der Waals surface area (Å²) in [5.41, 5.74) is 1.03. The van der Waals surface area contributed by atoms with Gasteiger partial charge in [-0.2, -0.15) is 13.2 Å². The summed E-state index contributed by atoms with van der Waals surface area (Å²) in [6.45, 7) is 4.53. The van der Waals surface area contributed by atoms with E-state index >= 15 is 0 Å². The number of nitrogens with zero attached hydrogens (tertiary/aromatic N) is 2. The van der Waals surface area contributed by atoms with Crippen LogP contribution in [0.1, 0.15) is 39.9 Å². The van der Waals surface area contributed by atoms with E-state index in [9.17, 15) is 22.8 Å². The van der Waals surface area contributed by atoms with Crippen LogP contribution in [0.5, 0.6) is 0 Å². The van der Waals surface area contributed by atoms with E-state index in [2.05, 4.69) is 0 Å². The summed E-state index contributed by atoms with van der Waals surface area (Å²) < 4.78 is 39.7. The molecule has 0 saturated carbocycles. The predicted molar refractivity (Wildman–Crippen MR) is 108 cm³/mol. The highest BCUT2D eigenvalue weighted by atomic mass is 19.4. The molecule has 0 aliphatic carbocycles. The maximum atomic E-state index is 13.2. The first-order chi connectivity index (χ1) is 14.1. The Balaban J connectivity index is 1.96. The molecule has 7 heteroatoms. The van der Waals surface area contributed by atoms with E-state index in [1.165, 1.54) is 6.07 Å². The number of rotatable bonds is 4. The minimum absolute atomic E-state index is 0.167. The lowest BCUT2D eigenvalue weighted by molar-refractivity contribution is -0.137. The van der Waals surface area contributed by atoms with Gasteiger partial charge in [-0.15, -0.1) is 0 Å². The van der Waals surface area contributed by atoms with Crippen molar-refractivity contribution >= 4 is 11.8 Å². The van der Waals surface area contributed by atoms with E-state index < -0.39 is 23.6 Å². The van der Waals surface area contributed by atoms with Gasteiger partial charge in [0.25, 0.3) is 5.91 Å². The Hall–Kier alpha value is -2.83. The fourth-order valence-corrected chi connectivity index (χ4v) is 3.93. The molecule has 4 nitrogen and oxygen atoms in total. The molecule has 1 saturated heterocycles. The Bertz CT molecular complexity index is 942. The maximum absolute atomic E-state index is 13.2. The molecule has 30 heavy (non-hydrogen) atoms. The summed E-state index contributed by atoms with van der Waals surface area (Å²) in [5.74, 6) is -1.47. The van der Waals surface area contributed by atoms with Crippen molar-refractivity contribution in [1.82, 2.24) is 9.80 Å². The van der Waals surface area contributed by atoms with Crippen molar-refractivity contribution < 1.29 is 22.8 Å². The van der Waals surface area contributed by atoms with E-state index in [0.717, 1.165) is 17.7 Å². The van der Waals surface area contributed by atoms with Crippen LogP contribution < -0.4 is 0 Å². The molecule has 2 atom stereocenters. The molecule has 1 aliphatic heterocycles. The monoisotopic (exact) mass is 418 g/mol. The van der Waals surface area contributed by atoms with Crippen LogP contribution in [0.25, 0.3) is 0 Å². The Labute approximate surface area is 174 Å². The molecule has 1 fully saturated rings. The van der Waals surface area contributed by atoms with Crippen molar-refractivity contribution in [2.45, 2.75) is 25.9 Å². The summed E-state index contributed by atoms with van der Waals surface area (Å²) in [6, 6.07) is 12.2. The highest BCUT2D eigenvalue weighted by Gasteiger charge is 2.42. The highest BCUT2D eigenvalue weighted by molar-refractivity contribution is 5.96. The quantitative estimate of drug-likeness (QED) is 0.741. The van der Waals surface area contributed by atoms with E-state index in [-0.39, 0.29) is 24.9 Å². The molecular weight excluding hydrogens is 393 g/mol. The lowest BCUT2D eigenvalue weighted by Gasteiger charge is -2.24. The first-order valence-corrected chi connectivity index (χ1v) is 9.90. The molecule has 3 rings (SSSR count). The lowest BCUT2D eigenvalue weighted by Crippen LogP contribution is -2.37. The molecule has 1 aliphatic rings. The van der Waals surface area contributed by atoms with Gasteiger partial charge in [0.1, 0.15) is 0 Å². The summed E-state index contributed by atoms with van der Waals surface area (Å²) in [7, 11) is 1.66. The number of hydrogen-bond acceptors (Lipinski definition) is 2. The second-order valence-electron chi connectivity index (χ2n) is 7.71. The first kappa shape index (κ1) is 21.9. The maximum Gasteiger partial charge on any atom is 0.416 e. The topological polar surface area (TPSA) is 40.6 Å². The molecule has 2 aromatic rings. The van der Waals surface area contributed by atoms with Gasteiger partial charge in [0, 0.05) is 38.2 Å². The normalized spacial score (nSPS) is 19.1. The molecule has 2 aromatic carbocycles. The number of hydrogen-bond donors (Lipinski definition) is 0. The fourth-order valence-electron chi connectivity index (χ4n) is 3.93. The molecule has 1 heterocycles. The van der Waals surface area contributed by atoms with Crippen molar-refractivity contribution in [1.29, 1.82) is 0 Å². The van der Waals surface area contributed by atoms with Crippen LogP contribution in [0.2, 0.25) is 0 Å². The van der Waals surface area contributed by atoms with Gasteiger partial charge in [-0.1, -0.05) is 36.4 Å². The molecule has 2 amide bonds. The number of aryl methyl sites for hydroxylation is 1. The molecule has 2 unspecified atom stereocenters. The van der Waals surface area contributed by atoms with Crippen molar-refractivity contribution in [3.63, 3.8) is 0 Å². The number of alkyl halides is 3. The van der Waals surface area contributed by atoms with Crippen LogP contribution in [0.3, 0.4) is 0 Å². The van der Waals surface area contributed by atoms with Crippen LogP contribution in [0.15, 0.2) is 48.5 Å². The zero-order valence-corrected chi connectivity index (χ0v) is 17.2. The average Bonchev–Trinajstić information content (AvgIpc) is 3.17. The first-order valence-electron chi connectivity index (χ1n) is 9.90. The fraction of sp³-hybridized carbons (Fsp3) is 0.391. The van der Waals surface area contributed by atoms with Crippen molar-refractivity contribution in [3.8, 4) is 0 Å². The zero-order chi connectivity index (χ0) is 22.1. The van der Waals surface area contributed by atoms with Gasteiger partial charge >= 0.3 is 6.18 Å². The summed E-state index contributed by atoms with van der Waals surface area (Å²) >= 11 is 0.